The van der Waals surface area contributed by atoms with Gasteiger partial charge in [0.05, 0.1) is 6.10 Å². The molecule has 1 aliphatic rings. The molecule has 90 valence electrons. The minimum Gasteiger partial charge on any atom is -0.377 e. The monoisotopic (exact) mass is 284 g/mol. The van der Waals surface area contributed by atoms with Gasteiger partial charge in [-0.3, -0.25) is 0 Å². The maximum atomic E-state index is 12.7. The molecule has 2 atom stereocenters. The van der Waals surface area contributed by atoms with E-state index in [4.69, 9.17) is 39.5 Å². The smallest absolute Gasteiger partial charge is 0.377 e. The predicted molar refractivity (Wildman–Crippen MR) is 53.4 cm³/mol. The summed E-state index contributed by atoms with van der Waals surface area (Å²) in [5.74, 6) is -2.06. The molecule has 2 unspecified atom stereocenters. The van der Waals surface area contributed by atoms with Crippen LogP contribution in [0.5, 0.6) is 0 Å². The lowest BCUT2D eigenvalue weighted by Gasteiger charge is -2.35. The number of halogens is 6. The topological polar surface area (TPSA) is 9.23 Å². The van der Waals surface area contributed by atoms with Crippen molar-refractivity contribution in [1.29, 1.82) is 0 Å². The summed E-state index contributed by atoms with van der Waals surface area (Å²) < 4.78 is 40.6. The lowest BCUT2D eigenvalue weighted by molar-refractivity contribution is -0.211. The lowest BCUT2D eigenvalue weighted by atomic mass is 9.96. The Morgan fingerprint density at radius 3 is 2.07 bits per heavy atom. The number of rotatable bonds is 1. The molecule has 0 amide bonds. The van der Waals surface area contributed by atoms with Crippen molar-refractivity contribution < 1.29 is 17.9 Å². The van der Waals surface area contributed by atoms with Crippen molar-refractivity contribution in [2.45, 2.75) is 35.3 Å². The maximum Gasteiger partial charge on any atom is 0.398 e. The quantitative estimate of drug-likeness (QED) is 0.659. The first-order valence-corrected chi connectivity index (χ1v) is 5.61. The van der Waals surface area contributed by atoms with Gasteiger partial charge in [0, 0.05) is 6.61 Å². The predicted octanol–water partition coefficient (Wildman–Crippen LogP) is 4.10. The molecule has 1 fully saturated rings. The summed E-state index contributed by atoms with van der Waals surface area (Å²) >= 11 is 16.0. The maximum absolute atomic E-state index is 12.7. The van der Waals surface area contributed by atoms with Crippen LogP contribution in [0, 0.1) is 5.92 Å². The standard InChI is InChI=1S/C8H10Cl3F3O/c9-7(10,11)6(8(12,13)14)5-3-1-2-4-15-5/h5-6H,1-4H2. The summed E-state index contributed by atoms with van der Waals surface area (Å²) in [5.41, 5.74) is 0. The van der Waals surface area contributed by atoms with E-state index >= 15 is 0 Å². The fourth-order valence-corrected chi connectivity index (χ4v) is 2.43. The van der Waals surface area contributed by atoms with Crippen LogP contribution in [0.1, 0.15) is 19.3 Å². The summed E-state index contributed by atoms with van der Waals surface area (Å²) in [6.07, 6.45) is -3.92. The van der Waals surface area contributed by atoms with Crippen LogP contribution in [0.4, 0.5) is 13.2 Å². The van der Waals surface area contributed by atoms with Crippen molar-refractivity contribution in [3.05, 3.63) is 0 Å². The highest BCUT2D eigenvalue weighted by Gasteiger charge is 2.56. The van der Waals surface area contributed by atoms with E-state index in [0.717, 1.165) is 6.42 Å². The van der Waals surface area contributed by atoms with Crippen LogP contribution in [-0.4, -0.2) is 22.7 Å². The Labute approximate surface area is 101 Å². The van der Waals surface area contributed by atoms with Crippen molar-refractivity contribution in [1.82, 2.24) is 0 Å². The largest absolute Gasteiger partial charge is 0.398 e. The normalized spacial score (nSPS) is 26.4. The molecule has 7 heteroatoms. The van der Waals surface area contributed by atoms with Gasteiger partial charge in [-0.05, 0) is 19.3 Å². The fourth-order valence-electron chi connectivity index (χ4n) is 1.64. The second kappa shape index (κ2) is 4.86. The van der Waals surface area contributed by atoms with Gasteiger partial charge < -0.3 is 4.74 Å². The molecule has 1 saturated heterocycles. The van der Waals surface area contributed by atoms with Crippen LogP contribution in [0.25, 0.3) is 0 Å². The van der Waals surface area contributed by atoms with Crippen LogP contribution in [0.3, 0.4) is 0 Å². The average Bonchev–Trinajstić information content (AvgIpc) is 2.00. The van der Waals surface area contributed by atoms with Crippen LogP contribution >= 0.6 is 34.8 Å². The van der Waals surface area contributed by atoms with Gasteiger partial charge in [-0.2, -0.15) is 13.2 Å². The Morgan fingerprint density at radius 1 is 1.13 bits per heavy atom. The molecular weight excluding hydrogens is 275 g/mol. The van der Waals surface area contributed by atoms with Gasteiger partial charge in [0.25, 0.3) is 0 Å². The second-order valence-electron chi connectivity index (χ2n) is 3.47. The third-order valence-corrected chi connectivity index (χ3v) is 3.00. The van der Waals surface area contributed by atoms with E-state index in [9.17, 15) is 13.2 Å². The molecule has 1 aliphatic heterocycles. The highest BCUT2D eigenvalue weighted by atomic mass is 35.6. The van der Waals surface area contributed by atoms with E-state index in [2.05, 4.69) is 0 Å². The van der Waals surface area contributed by atoms with Crippen molar-refractivity contribution >= 4 is 34.8 Å². The molecule has 0 radical (unpaired) electrons. The summed E-state index contributed by atoms with van der Waals surface area (Å²) in [6, 6.07) is 0. The first-order chi connectivity index (χ1) is 6.73. The molecule has 0 saturated carbocycles. The number of alkyl halides is 6. The first-order valence-electron chi connectivity index (χ1n) is 4.48. The van der Waals surface area contributed by atoms with Crippen LogP contribution in [0.15, 0.2) is 0 Å². The third-order valence-electron chi connectivity index (χ3n) is 2.29. The number of hydrogen-bond donors (Lipinski definition) is 0. The van der Waals surface area contributed by atoms with Crippen LogP contribution in [-0.2, 0) is 4.74 Å². The van der Waals surface area contributed by atoms with E-state index in [1.165, 1.54) is 0 Å². The molecule has 0 spiro atoms. The molecular formula is C8H10Cl3F3O. The van der Waals surface area contributed by atoms with Crippen molar-refractivity contribution in [2.24, 2.45) is 5.92 Å². The fraction of sp³-hybridized carbons (Fsp3) is 1.00. The van der Waals surface area contributed by atoms with Gasteiger partial charge in [-0.25, -0.2) is 0 Å². The van der Waals surface area contributed by atoms with E-state index in [1.54, 1.807) is 0 Å². The first kappa shape index (κ1) is 13.7. The van der Waals surface area contributed by atoms with E-state index in [0.29, 0.717) is 6.42 Å². The molecule has 1 rings (SSSR count). The molecule has 0 aromatic rings. The van der Waals surface area contributed by atoms with Crippen LogP contribution in [0.2, 0.25) is 0 Å². The van der Waals surface area contributed by atoms with E-state index in [-0.39, 0.29) is 13.0 Å². The van der Waals surface area contributed by atoms with Gasteiger partial charge >= 0.3 is 6.18 Å². The Balaban J connectivity index is 2.80. The molecule has 0 aromatic carbocycles. The lowest BCUT2D eigenvalue weighted by Crippen LogP contribution is -2.45. The van der Waals surface area contributed by atoms with Crippen molar-refractivity contribution in [3.63, 3.8) is 0 Å². The van der Waals surface area contributed by atoms with Gasteiger partial charge in [0.2, 0.25) is 3.79 Å². The SMILES string of the molecule is FC(F)(F)C(C1CCCCO1)C(Cl)(Cl)Cl. The summed E-state index contributed by atoms with van der Waals surface area (Å²) in [6.45, 7) is 0.290. The number of ether oxygens (including phenoxy) is 1. The molecule has 1 nitrogen and oxygen atoms in total. The molecule has 1 heterocycles. The zero-order valence-corrected chi connectivity index (χ0v) is 9.93. The summed E-state index contributed by atoms with van der Waals surface area (Å²) in [7, 11) is 0. The van der Waals surface area contributed by atoms with Crippen LogP contribution < -0.4 is 0 Å². The minimum atomic E-state index is -4.56. The van der Waals surface area contributed by atoms with Gasteiger partial charge in [-0.15, -0.1) is 0 Å². The molecule has 15 heavy (non-hydrogen) atoms. The Kier molecular flexibility index (Phi) is 4.43. The molecule has 0 aliphatic carbocycles. The van der Waals surface area contributed by atoms with Gasteiger partial charge in [0.1, 0.15) is 5.92 Å². The Bertz CT molecular complexity index is 194. The Hall–Kier alpha value is 0.620. The molecule has 0 aromatic heterocycles. The van der Waals surface area contributed by atoms with E-state index < -0.39 is 22.0 Å². The minimum absolute atomic E-state index is 0.276. The summed E-state index contributed by atoms with van der Waals surface area (Å²) in [5, 5.41) is 0. The molecule has 0 bridgehead atoms. The third kappa shape index (κ3) is 3.84. The van der Waals surface area contributed by atoms with Crippen molar-refractivity contribution in [3.8, 4) is 0 Å². The summed E-state index contributed by atoms with van der Waals surface area (Å²) in [4.78, 5) is 0. The zero-order chi connectivity index (χ0) is 11.7. The highest BCUT2D eigenvalue weighted by molar-refractivity contribution is 6.67. The van der Waals surface area contributed by atoms with Gasteiger partial charge in [-0.1, -0.05) is 34.8 Å². The van der Waals surface area contributed by atoms with Gasteiger partial charge in [0.15, 0.2) is 0 Å². The van der Waals surface area contributed by atoms with E-state index in [1.807, 2.05) is 0 Å². The Morgan fingerprint density at radius 2 is 1.73 bits per heavy atom. The highest BCUT2D eigenvalue weighted by Crippen LogP contribution is 2.48. The zero-order valence-electron chi connectivity index (χ0n) is 7.66. The second-order valence-corrected chi connectivity index (χ2v) is 5.83. The molecule has 0 N–H and O–H groups in total. The average molecular weight is 286 g/mol. The van der Waals surface area contributed by atoms with Crippen molar-refractivity contribution in [2.75, 3.05) is 6.61 Å². The number of hydrogen-bond acceptors (Lipinski definition) is 1.